The molecule has 9 heavy (non-hydrogen) atoms. The molecule has 4 nitrogen and oxygen atoms in total. The number of hydrogen-bond donors (Lipinski definition) is 3. The van der Waals surface area contributed by atoms with E-state index in [9.17, 15) is 0 Å². The summed E-state index contributed by atoms with van der Waals surface area (Å²) in [5.41, 5.74) is 0. The zero-order chi connectivity index (χ0) is 7.11. The summed E-state index contributed by atoms with van der Waals surface area (Å²) < 4.78 is 0. The first-order valence-electron chi connectivity index (χ1n) is 2.24. The van der Waals surface area contributed by atoms with Crippen molar-refractivity contribution in [1.29, 1.82) is 0 Å². The van der Waals surface area contributed by atoms with E-state index >= 15 is 0 Å². The molecule has 0 saturated carbocycles. The maximum absolute atomic E-state index is 8.26. The van der Waals surface area contributed by atoms with E-state index in [4.69, 9.17) is 10.2 Å². The molecule has 5 heteroatoms. The Bertz CT molecular complexity index is 114. The fourth-order valence-corrected chi connectivity index (χ4v) is 0.552. The Kier molecular flexibility index (Phi) is 5.29. The van der Waals surface area contributed by atoms with E-state index in [0.717, 1.165) is 11.9 Å². The Morgan fingerprint density at radius 1 is 2.00 bits per heavy atom. The fraction of sp³-hybridized carbons (Fsp3) is 0.250. The van der Waals surface area contributed by atoms with Gasteiger partial charge in [0.05, 0.1) is 0 Å². The minimum Gasteiger partial charge on any atom is -0.374 e. The van der Waals surface area contributed by atoms with E-state index in [2.05, 4.69) is 16.9 Å². The van der Waals surface area contributed by atoms with Gasteiger partial charge in [-0.2, -0.15) is 0 Å². The molecule has 0 aliphatic rings. The van der Waals surface area contributed by atoms with Crippen LogP contribution in [0.5, 0.6) is 0 Å². The number of amidine groups is 1. The van der Waals surface area contributed by atoms with Crippen LogP contribution in [0.4, 0.5) is 0 Å². The van der Waals surface area contributed by atoms with Gasteiger partial charge < -0.3 is 10.4 Å². The van der Waals surface area contributed by atoms with Gasteiger partial charge in [0.25, 0.3) is 0 Å². The average molecular weight is 147 g/mol. The molecule has 0 bridgehead atoms. The van der Waals surface area contributed by atoms with Crippen LogP contribution in [0.2, 0.25) is 0 Å². The van der Waals surface area contributed by atoms with E-state index in [1.54, 1.807) is 0 Å². The van der Waals surface area contributed by atoms with Crippen molar-refractivity contribution in [2.75, 3.05) is 6.73 Å². The molecule has 0 amide bonds. The number of aliphatic hydroxyl groups excluding tert-OH is 1. The van der Waals surface area contributed by atoms with Crippen molar-refractivity contribution in [1.82, 2.24) is 5.32 Å². The topological polar surface area (TPSA) is 70.6 Å². The number of hydrogen-bond acceptors (Lipinski definition) is 4. The second-order valence-corrected chi connectivity index (χ2v) is 1.69. The highest BCUT2D eigenvalue weighted by atomic mass is 32.2. The number of aliphatic hydroxyl groups is 1. The van der Waals surface area contributed by atoms with Crippen LogP contribution in [0.3, 0.4) is 0 Å². The monoisotopic (exact) mass is 147 g/mol. The lowest BCUT2D eigenvalue weighted by atomic mass is 11.0. The number of rotatable bonds is 2. The molecule has 0 aliphatic carbocycles. The molecule has 0 unspecified atom stereocenters. The summed E-state index contributed by atoms with van der Waals surface area (Å²) in [6.07, 6.45) is 1.44. The van der Waals surface area contributed by atoms with Gasteiger partial charge in [-0.25, -0.2) is 4.99 Å². The standard InChI is InChI=1S/C4H9N3OS/c1-2-6-4(9-5)7-3-8/h2,8H,1,3,5H2,(H,6,7). The third kappa shape index (κ3) is 4.01. The summed E-state index contributed by atoms with van der Waals surface area (Å²) in [7, 11) is 0. The smallest absolute Gasteiger partial charge is 0.177 e. The second-order valence-electron chi connectivity index (χ2n) is 1.07. The molecule has 0 spiro atoms. The van der Waals surface area contributed by atoms with Crippen LogP contribution in [0.1, 0.15) is 0 Å². The molecule has 0 aromatic carbocycles. The lowest BCUT2D eigenvalue weighted by Crippen LogP contribution is -2.15. The number of nitrogens with zero attached hydrogens (tertiary/aromatic N) is 1. The summed E-state index contributed by atoms with van der Waals surface area (Å²) in [6, 6.07) is 0. The molecule has 0 aliphatic heterocycles. The quantitative estimate of drug-likeness (QED) is 0.283. The van der Waals surface area contributed by atoms with Crippen molar-refractivity contribution < 1.29 is 5.11 Å². The average Bonchev–Trinajstić information content (AvgIpc) is 1.88. The van der Waals surface area contributed by atoms with Gasteiger partial charge in [-0.05, 0) is 18.1 Å². The first-order chi connectivity index (χ1) is 4.35. The first kappa shape index (κ1) is 8.48. The number of aliphatic imine (C=N–C) groups is 1. The van der Waals surface area contributed by atoms with Crippen LogP contribution < -0.4 is 10.5 Å². The summed E-state index contributed by atoms with van der Waals surface area (Å²) in [6.45, 7) is 3.12. The Morgan fingerprint density at radius 3 is 3.00 bits per heavy atom. The van der Waals surface area contributed by atoms with Gasteiger partial charge in [0.15, 0.2) is 5.17 Å². The summed E-state index contributed by atoms with van der Waals surface area (Å²) >= 11 is 0.927. The van der Waals surface area contributed by atoms with Crippen molar-refractivity contribution >= 4 is 17.1 Å². The van der Waals surface area contributed by atoms with Gasteiger partial charge in [-0.1, -0.05) is 6.58 Å². The largest absolute Gasteiger partial charge is 0.374 e. The van der Waals surface area contributed by atoms with E-state index in [-0.39, 0.29) is 6.73 Å². The molecule has 0 rings (SSSR count). The van der Waals surface area contributed by atoms with Crippen molar-refractivity contribution in [3.05, 3.63) is 12.8 Å². The fourth-order valence-electron chi connectivity index (χ4n) is 0.268. The molecule has 52 valence electrons. The van der Waals surface area contributed by atoms with Crippen molar-refractivity contribution in [3.8, 4) is 0 Å². The van der Waals surface area contributed by atoms with E-state index < -0.39 is 0 Å². The van der Waals surface area contributed by atoms with E-state index in [1.165, 1.54) is 6.20 Å². The normalized spacial score (nSPS) is 11.1. The summed E-state index contributed by atoms with van der Waals surface area (Å²) in [5.74, 6) is 0. The van der Waals surface area contributed by atoms with Crippen LogP contribution in [-0.2, 0) is 0 Å². The van der Waals surface area contributed by atoms with Gasteiger partial charge in [0, 0.05) is 0 Å². The predicted octanol–water partition coefficient (Wildman–Crippen LogP) is -0.368. The molecule has 0 aromatic rings. The second kappa shape index (κ2) is 5.61. The van der Waals surface area contributed by atoms with Crippen LogP contribution in [0.25, 0.3) is 0 Å². The van der Waals surface area contributed by atoms with E-state index in [1.807, 2.05) is 0 Å². The third-order valence-corrected chi connectivity index (χ3v) is 1.02. The molecule has 0 heterocycles. The first-order valence-corrected chi connectivity index (χ1v) is 3.12. The summed E-state index contributed by atoms with van der Waals surface area (Å²) in [4.78, 5) is 3.56. The van der Waals surface area contributed by atoms with Gasteiger partial charge >= 0.3 is 0 Å². The molecular formula is C4H9N3OS. The maximum atomic E-state index is 8.26. The minimum atomic E-state index is -0.264. The maximum Gasteiger partial charge on any atom is 0.177 e. The highest BCUT2D eigenvalue weighted by Gasteiger charge is 1.88. The number of nitrogens with one attached hydrogen (secondary N) is 1. The summed E-state index contributed by atoms with van der Waals surface area (Å²) in [5, 5.41) is 16.4. The molecule has 0 radical (unpaired) electrons. The highest BCUT2D eigenvalue weighted by Crippen LogP contribution is 1.87. The van der Waals surface area contributed by atoms with Crippen LogP contribution in [0.15, 0.2) is 17.8 Å². The zero-order valence-electron chi connectivity index (χ0n) is 4.87. The third-order valence-electron chi connectivity index (χ3n) is 0.551. The Labute approximate surface area is 58.0 Å². The van der Waals surface area contributed by atoms with Crippen LogP contribution >= 0.6 is 11.9 Å². The molecule has 0 atom stereocenters. The molecule has 0 aromatic heterocycles. The van der Waals surface area contributed by atoms with Gasteiger partial charge in [-0.3, -0.25) is 5.14 Å². The predicted molar refractivity (Wildman–Crippen MR) is 39.6 cm³/mol. The number of nitrogens with two attached hydrogens (primary N) is 1. The van der Waals surface area contributed by atoms with Crippen LogP contribution in [-0.4, -0.2) is 17.0 Å². The zero-order valence-corrected chi connectivity index (χ0v) is 5.69. The van der Waals surface area contributed by atoms with Gasteiger partial charge in [-0.15, -0.1) is 0 Å². The molecular weight excluding hydrogens is 138 g/mol. The van der Waals surface area contributed by atoms with Crippen LogP contribution in [0, 0.1) is 0 Å². The molecule has 0 saturated heterocycles. The van der Waals surface area contributed by atoms with Crippen molar-refractivity contribution in [2.24, 2.45) is 10.1 Å². The Morgan fingerprint density at radius 2 is 2.67 bits per heavy atom. The van der Waals surface area contributed by atoms with Gasteiger partial charge in [0.1, 0.15) is 6.73 Å². The Hall–Kier alpha value is -0.520. The minimum absolute atomic E-state index is 0.264. The lowest BCUT2D eigenvalue weighted by Gasteiger charge is -1.97. The lowest BCUT2D eigenvalue weighted by molar-refractivity contribution is 0.309. The highest BCUT2D eigenvalue weighted by molar-refractivity contribution is 8.11. The molecule has 4 N–H and O–H groups in total. The van der Waals surface area contributed by atoms with Crippen molar-refractivity contribution in [2.45, 2.75) is 0 Å². The van der Waals surface area contributed by atoms with Gasteiger partial charge in [0.2, 0.25) is 0 Å². The Balaban J connectivity index is 3.65. The SMILES string of the molecule is C=CNC(=NCO)SN. The van der Waals surface area contributed by atoms with E-state index in [0.29, 0.717) is 5.17 Å². The molecule has 0 fully saturated rings. The van der Waals surface area contributed by atoms with Crippen molar-refractivity contribution in [3.63, 3.8) is 0 Å².